The van der Waals surface area contributed by atoms with Crippen LogP contribution in [0.1, 0.15) is 60.8 Å². The normalized spacial score (nSPS) is 11.4. The van der Waals surface area contributed by atoms with E-state index in [2.05, 4.69) is 19.2 Å². The Morgan fingerprint density at radius 1 is 1.11 bits per heavy atom. The number of carboxylic acids is 1. The Labute approximate surface area is 159 Å². The predicted molar refractivity (Wildman–Crippen MR) is 104 cm³/mol. The monoisotopic (exact) mass is 372 g/mol. The third-order valence-corrected chi connectivity index (χ3v) is 5.38. The maximum absolute atomic E-state index is 12.5. The fourth-order valence-corrected chi connectivity index (χ4v) is 3.66. The number of hydrogen-bond acceptors (Lipinski definition) is 3. The van der Waals surface area contributed by atoms with E-state index in [-0.39, 0.29) is 11.2 Å². The molecule has 1 aromatic carbocycles. The van der Waals surface area contributed by atoms with Crippen molar-refractivity contribution in [2.24, 2.45) is 0 Å². The number of aromatic nitrogens is 1. The summed E-state index contributed by atoms with van der Waals surface area (Å²) in [5, 5.41) is 21.1. The van der Waals surface area contributed by atoms with Gasteiger partial charge in [-0.2, -0.15) is 0 Å². The number of nitrogens with one attached hydrogen (secondary N) is 1. The Morgan fingerprint density at radius 3 is 2.30 bits per heavy atom. The Bertz CT molecular complexity index is 835. The molecule has 6 nitrogen and oxygen atoms in total. The number of aryl methyl sites for hydroxylation is 2. The van der Waals surface area contributed by atoms with Crippen molar-refractivity contribution in [2.45, 2.75) is 52.5 Å². The zero-order valence-electron chi connectivity index (χ0n) is 16.4. The van der Waals surface area contributed by atoms with Gasteiger partial charge in [0, 0.05) is 18.2 Å². The van der Waals surface area contributed by atoms with Gasteiger partial charge in [-0.15, -0.1) is 0 Å². The summed E-state index contributed by atoms with van der Waals surface area (Å²) in [7, 11) is 0. The fraction of sp³-hybridized carbons (Fsp3) is 0.429. The number of rotatable bonds is 8. The van der Waals surface area contributed by atoms with Crippen molar-refractivity contribution in [1.29, 1.82) is 0 Å². The summed E-state index contributed by atoms with van der Waals surface area (Å²) in [6, 6.07) is 7.50. The number of phenols is 1. The molecule has 2 aromatic rings. The molecule has 1 aromatic heterocycles. The van der Waals surface area contributed by atoms with Gasteiger partial charge in [-0.3, -0.25) is 9.59 Å². The van der Waals surface area contributed by atoms with Crippen LogP contribution in [0.5, 0.6) is 5.75 Å². The summed E-state index contributed by atoms with van der Waals surface area (Å²) in [6.45, 7) is 8.23. The first-order valence-corrected chi connectivity index (χ1v) is 9.29. The molecule has 146 valence electrons. The van der Waals surface area contributed by atoms with Gasteiger partial charge in [0.15, 0.2) is 0 Å². The van der Waals surface area contributed by atoms with Gasteiger partial charge in [-0.1, -0.05) is 26.0 Å². The number of phenolic OH excluding ortho intramolecular Hbond substituents is 1. The largest absolute Gasteiger partial charge is 0.508 e. The maximum atomic E-state index is 12.5. The molecule has 0 radical (unpaired) electrons. The molecule has 0 unspecified atom stereocenters. The molecule has 0 atom stereocenters. The van der Waals surface area contributed by atoms with Gasteiger partial charge in [-0.05, 0) is 55.5 Å². The second-order valence-corrected chi connectivity index (χ2v) is 6.77. The van der Waals surface area contributed by atoms with Crippen LogP contribution in [0, 0.1) is 6.92 Å². The Morgan fingerprint density at radius 2 is 1.78 bits per heavy atom. The molecule has 0 spiro atoms. The third-order valence-electron chi connectivity index (χ3n) is 5.38. The smallest absolute Gasteiger partial charge is 0.322 e. The quantitative estimate of drug-likeness (QED) is 0.662. The van der Waals surface area contributed by atoms with E-state index in [1.54, 1.807) is 6.07 Å². The Hall–Kier alpha value is -2.76. The van der Waals surface area contributed by atoms with E-state index in [9.17, 15) is 14.7 Å². The van der Waals surface area contributed by atoms with Gasteiger partial charge in [0.2, 0.25) is 0 Å². The van der Waals surface area contributed by atoms with Crippen LogP contribution >= 0.6 is 0 Å². The van der Waals surface area contributed by atoms with Gasteiger partial charge in [-0.25, -0.2) is 0 Å². The average molecular weight is 372 g/mol. The molecular formula is C21H28N2O4. The zero-order chi connectivity index (χ0) is 20.2. The molecule has 1 heterocycles. The molecule has 6 heteroatoms. The van der Waals surface area contributed by atoms with E-state index in [0.717, 1.165) is 29.5 Å². The molecular weight excluding hydrogens is 344 g/mol. The maximum Gasteiger partial charge on any atom is 0.322 e. The topological polar surface area (TPSA) is 91.6 Å². The minimum Gasteiger partial charge on any atom is -0.508 e. The summed E-state index contributed by atoms with van der Waals surface area (Å²) >= 11 is 0. The van der Waals surface area contributed by atoms with Crippen LogP contribution in [0.2, 0.25) is 0 Å². The summed E-state index contributed by atoms with van der Waals surface area (Å²) in [5.74, 6) is -1.21. The highest BCUT2D eigenvalue weighted by Crippen LogP contribution is 2.41. The number of carbonyl (C=O) groups excluding carboxylic acids is 1. The number of carbonyl (C=O) groups is 2. The van der Waals surface area contributed by atoms with Crippen LogP contribution in [0.25, 0.3) is 0 Å². The molecule has 0 saturated heterocycles. The molecule has 27 heavy (non-hydrogen) atoms. The van der Waals surface area contributed by atoms with Gasteiger partial charge in [0.05, 0.1) is 0 Å². The third kappa shape index (κ3) is 3.99. The number of benzene rings is 1. The number of aromatic hydroxyl groups is 1. The summed E-state index contributed by atoms with van der Waals surface area (Å²) in [4.78, 5) is 23.2. The lowest BCUT2D eigenvalue weighted by Gasteiger charge is -2.32. The van der Waals surface area contributed by atoms with Gasteiger partial charge >= 0.3 is 5.97 Å². The van der Waals surface area contributed by atoms with Gasteiger partial charge < -0.3 is 20.1 Å². The molecule has 0 fully saturated rings. The van der Waals surface area contributed by atoms with E-state index in [1.807, 2.05) is 42.8 Å². The van der Waals surface area contributed by atoms with Crippen molar-refractivity contribution in [2.75, 3.05) is 6.54 Å². The highest BCUT2D eigenvalue weighted by atomic mass is 16.4. The molecule has 0 aliphatic carbocycles. The van der Waals surface area contributed by atoms with Crippen LogP contribution in [0.4, 0.5) is 0 Å². The minimum atomic E-state index is -1.07. The first kappa shape index (κ1) is 20.6. The van der Waals surface area contributed by atoms with Gasteiger partial charge in [0.1, 0.15) is 18.0 Å². The minimum absolute atomic E-state index is 0.264. The lowest BCUT2D eigenvalue weighted by molar-refractivity contribution is -0.135. The summed E-state index contributed by atoms with van der Waals surface area (Å²) in [6.07, 6.45) is 3.64. The van der Waals surface area contributed by atoms with Crippen molar-refractivity contribution in [1.82, 2.24) is 9.88 Å². The molecule has 0 aliphatic heterocycles. The lowest BCUT2D eigenvalue weighted by Crippen LogP contribution is -2.30. The van der Waals surface area contributed by atoms with E-state index in [0.29, 0.717) is 12.2 Å². The van der Waals surface area contributed by atoms with Crippen LogP contribution in [0.3, 0.4) is 0 Å². The number of aliphatic carboxylic acids is 1. The van der Waals surface area contributed by atoms with E-state index < -0.39 is 18.4 Å². The molecule has 3 N–H and O–H groups in total. The summed E-state index contributed by atoms with van der Waals surface area (Å²) in [5.41, 5.74) is 3.08. The predicted octanol–water partition coefficient (Wildman–Crippen LogP) is 3.44. The second kappa shape index (κ2) is 8.29. The van der Waals surface area contributed by atoms with Crippen LogP contribution in [-0.4, -0.2) is 33.2 Å². The highest BCUT2D eigenvalue weighted by molar-refractivity contribution is 5.94. The van der Waals surface area contributed by atoms with Crippen LogP contribution < -0.4 is 5.32 Å². The van der Waals surface area contributed by atoms with E-state index in [4.69, 9.17) is 5.11 Å². The number of hydrogen-bond donors (Lipinski definition) is 3. The lowest BCUT2D eigenvalue weighted by atomic mass is 9.71. The van der Waals surface area contributed by atoms with Gasteiger partial charge in [0.25, 0.3) is 5.91 Å². The number of nitrogens with zero attached hydrogens (tertiary/aromatic N) is 1. The van der Waals surface area contributed by atoms with Crippen LogP contribution in [-0.2, 0) is 16.8 Å². The summed E-state index contributed by atoms with van der Waals surface area (Å²) < 4.78 is 1.85. The molecule has 0 aliphatic rings. The standard InChI is InChI=1S/C21H28N2O4/c1-5-21(6-2,15-8-9-18(24)14(4)10-15)16-11-17(23(7-3)13-16)20(27)22-12-19(25)26/h8-11,13,24H,5-7,12H2,1-4H3,(H,22,27)(H,25,26). The zero-order valence-corrected chi connectivity index (χ0v) is 16.4. The first-order valence-electron chi connectivity index (χ1n) is 9.29. The number of carboxylic acid groups (broad SMARTS) is 1. The number of amides is 1. The fourth-order valence-electron chi connectivity index (χ4n) is 3.66. The van der Waals surface area contributed by atoms with Crippen molar-refractivity contribution >= 4 is 11.9 Å². The first-order chi connectivity index (χ1) is 12.8. The molecule has 0 bridgehead atoms. The molecule has 0 saturated carbocycles. The average Bonchev–Trinajstić information content (AvgIpc) is 3.09. The van der Waals surface area contributed by atoms with E-state index >= 15 is 0 Å². The van der Waals surface area contributed by atoms with Crippen molar-refractivity contribution < 1.29 is 19.8 Å². The van der Waals surface area contributed by atoms with Crippen molar-refractivity contribution in [3.05, 3.63) is 52.8 Å². The Kier molecular flexibility index (Phi) is 6.31. The van der Waals surface area contributed by atoms with Crippen molar-refractivity contribution in [3.8, 4) is 5.75 Å². The SMILES string of the molecule is CCn1cc(C(CC)(CC)c2ccc(O)c(C)c2)cc1C(=O)NCC(=O)O. The second-order valence-electron chi connectivity index (χ2n) is 6.77. The Balaban J connectivity index is 2.53. The molecule has 2 rings (SSSR count). The van der Waals surface area contributed by atoms with Crippen molar-refractivity contribution in [3.63, 3.8) is 0 Å². The van der Waals surface area contributed by atoms with E-state index in [1.165, 1.54) is 0 Å². The highest BCUT2D eigenvalue weighted by Gasteiger charge is 2.33. The van der Waals surface area contributed by atoms with Crippen LogP contribution in [0.15, 0.2) is 30.5 Å². The molecule has 1 amide bonds.